The Labute approximate surface area is 294 Å². The number of rotatable bonds is 3. The quantitative estimate of drug-likeness (QED) is 0.169. The molecule has 0 fully saturated rings. The van der Waals surface area contributed by atoms with E-state index in [-0.39, 0.29) is 10.8 Å². The summed E-state index contributed by atoms with van der Waals surface area (Å²) in [5, 5.41) is 5.14. The molecule has 0 amide bonds. The topological polar surface area (TPSA) is 0 Å². The summed E-state index contributed by atoms with van der Waals surface area (Å²) >= 11 is 0. The molecule has 0 heteroatoms. The van der Waals surface area contributed by atoms with Gasteiger partial charge in [-0.3, -0.25) is 0 Å². The molecule has 0 radical (unpaired) electrons. The van der Waals surface area contributed by atoms with Crippen molar-refractivity contribution in [2.24, 2.45) is 0 Å². The summed E-state index contributed by atoms with van der Waals surface area (Å²) < 4.78 is 0. The van der Waals surface area contributed by atoms with Gasteiger partial charge in [0, 0.05) is 10.8 Å². The fraction of sp³-hybridized carbons (Fsp3) is 0.120. The standard InChI is InChI=1S/C50H38/c1-49(2)43-20-12-10-16-35(43)37-25-22-33(29-45(37)49)32-23-27-41-42(28-32)48(40-19-9-8-18-39(40)47(41)31-14-6-5-7-15-31)34-24-26-38-36-17-11-13-21-44(36)50(3,4)46(38)30-34/h5-30H,1-4H3. The average Bonchev–Trinajstić information content (AvgIpc) is 3.53. The Morgan fingerprint density at radius 2 is 0.700 bits per heavy atom. The molecule has 0 saturated carbocycles. The number of hydrogen-bond donors (Lipinski definition) is 0. The predicted molar refractivity (Wildman–Crippen MR) is 213 cm³/mol. The third kappa shape index (κ3) is 4.00. The summed E-state index contributed by atoms with van der Waals surface area (Å²) in [6.07, 6.45) is 0. The van der Waals surface area contributed by atoms with E-state index in [9.17, 15) is 0 Å². The van der Waals surface area contributed by atoms with E-state index in [0.29, 0.717) is 0 Å². The lowest BCUT2D eigenvalue weighted by Gasteiger charge is -2.23. The summed E-state index contributed by atoms with van der Waals surface area (Å²) in [6.45, 7) is 9.49. The molecule has 0 aromatic heterocycles. The number of fused-ring (bicyclic) bond motifs is 8. The molecule has 0 bridgehead atoms. The van der Waals surface area contributed by atoms with Crippen LogP contribution in [0.2, 0.25) is 0 Å². The zero-order chi connectivity index (χ0) is 33.8. The van der Waals surface area contributed by atoms with E-state index in [1.165, 1.54) is 99.4 Å². The predicted octanol–water partition coefficient (Wildman–Crippen LogP) is 13.6. The van der Waals surface area contributed by atoms with E-state index in [4.69, 9.17) is 0 Å². The van der Waals surface area contributed by atoms with Crippen molar-refractivity contribution in [3.05, 3.63) is 180 Å². The van der Waals surface area contributed by atoms with Gasteiger partial charge in [-0.15, -0.1) is 0 Å². The van der Waals surface area contributed by atoms with Crippen molar-refractivity contribution >= 4 is 21.5 Å². The van der Waals surface area contributed by atoms with E-state index in [0.717, 1.165) is 0 Å². The Morgan fingerprint density at radius 3 is 1.32 bits per heavy atom. The molecule has 0 saturated heterocycles. The van der Waals surface area contributed by atoms with Crippen molar-refractivity contribution in [1.82, 2.24) is 0 Å². The summed E-state index contributed by atoms with van der Waals surface area (Å²) in [5.74, 6) is 0. The SMILES string of the molecule is CC1(C)c2ccccc2-c2ccc(-c3ccc4c(-c5ccccc5)c5ccccc5c(-c5ccc6c(c5)C(C)(C)c5ccccc5-6)c4c3)cc21. The van der Waals surface area contributed by atoms with Crippen LogP contribution >= 0.6 is 0 Å². The minimum absolute atomic E-state index is 0.0462. The first-order valence-corrected chi connectivity index (χ1v) is 17.9. The molecular formula is C50H38. The van der Waals surface area contributed by atoms with Crippen molar-refractivity contribution in [2.45, 2.75) is 38.5 Å². The van der Waals surface area contributed by atoms with Gasteiger partial charge in [-0.2, -0.15) is 0 Å². The highest BCUT2D eigenvalue weighted by Gasteiger charge is 2.36. The second kappa shape index (κ2) is 10.4. The molecular weight excluding hydrogens is 601 g/mol. The molecule has 0 nitrogen and oxygen atoms in total. The van der Waals surface area contributed by atoms with E-state index in [2.05, 4.69) is 185 Å². The monoisotopic (exact) mass is 638 g/mol. The maximum atomic E-state index is 2.49. The average molecular weight is 639 g/mol. The molecule has 0 atom stereocenters. The fourth-order valence-electron chi connectivity index (χ4n) is 9.33. The smallest absolute Gasteiger partial charge is 0.0159 e. The summed E-state index contributed by atoms with van der Waals surface area (Å²) in [5.41, 5.74) is 18.6. The van der Waals surface area contributed by atoms with Crippen molar-refractivity contribution in [3.8, 4) is 55.6 Å². The molecule has 0 aliphatic heterocycles. The second-order valence-electron chi connectivity index (χ2n) is 15.3. The molecule has 0 spiro atoms. The maximum absolute atomic E-state index is 2.49. The van der Waals surface area contributed by atoms with E-state index < -0.39 is 0 Å². The highest BCUT2D eigenvalue weighted by Crippen LogP contribution is 2.53. The minimum atomic E-state index is -0.0719. The van der Waals surface area contributed by atoms with Crippen LogP contribution in [-0.2, 0) is 10.8 Å². The summed E-state index contributed by atoms with van der Waals surface area (Å²) in [7, 11) is 0. The third-order valence-corrected chi connectivity index (χ3v) is 11.9. The van der Waals surface area contributed by atoms with Crippen LogP contribution in [0.25, 0.3) is 77.2 Å². The lowest BCUT2D eigenvalue weighted by molar-refractivity contribution is 0.660. The van der Waals surface area contributed by atoms with Crippen molar-refractivity contribution in [2.75, 3.05) is 0 Å². The van der Waals surface area contributed by atoms with Gasteiger partial charge >= 0.3 is 0 Å². The first-order chi connectivity index (χ1) is 24.3. The summed E-state index contributed by atoms with van der Waals surface area (Å²) in [6, 6.07) is 59.3. The van der Waals surface area contributed by atoms with Gasteiger partial charge in [0.2, 0.25) is 0 Å². The van der Waals surface area contributed by atoms with Gasteiger partial charge in [0.25, 0.3) is 0 Å². The Hall–Kier alpha value is -5.72. The van der Waals surface area contributed by atoms with Crippen molar-refractivity contribution < 1.29 is 0 Å². The minimum Gasteiger partial charge on any atom is -0.0622 e. The van der Waals surface area contributed by atoms with Crippen molar-refractivity contribution in [3.63, 3.8) is 0 Å². The highest BCUT2D eigenvalue weighted by molar-refractivity contribution is 6.22. The van der Waals surface area contributed by atoms with Gasteiger partial charge in [0.15, 0.2) is 0 Å². The van der Waals surface area contributed by atoms with Crippen LogP contribution < -0.4 is 0 Å². The first-order valence-electron chi connectivity index (χ1n) is 17.9. The Balaban J connectivity index is 1.25. The fourth-order valence-corrected chi connectivity index (χ4v) is 9.33. The van der Waals surface area contributed by atoms with Gasteiger partial charge in [0.05, 0.1) is 0 Å². The Bertz CT molecular complexity index is 2690. The molecule has 50 heavy (non-hydrogen) atoms. The Kier molecular flexibility index (Phi) is 6.07. The van der Waals surface area contributed by atoms with Crippen LogP contribution in [0.4, 0.5) is 0 Å². The van der Waals surface area contributed by atoms with Gasteiger partial charge in [-0.05, 0) is 118 Å². The second-order valence-corrected chi connectivity index (χ2v) is 15.3. The molecule has 8 aromatic rings. The normalized spacial score (nSPS) is 14.7. The van der Waals surface area contributed by atoms with Crippen LogP contribution in [0, 0.1) is 0 Å². The van der Waals surface area contributed by atoms with Gasteiger partial charge in [0.1, 0.15) is 0 Å². The third-order valence-electron chi connectivity index (χ3n) is 11.9. The van der Waals surface area contributed by atoms with Gasteiger partial charge in [-0.25, -0.2) is 0 Å². The number of hydrogen-bond acceptors (Lipinski definition) is 0. The molecule has 0 N–H and O–H groups in total. The van der Waals surface area contributed by atoms with Crippen LogP contribution in [0.3, 0.4) is 0 Å². The maximum Gasteiger partial charge on any atom is 0.0159 e. The molecule has 8 aromatic carbocycles. The van der Waals surface area contributed by atoms with Crippen molar-refractivity contribution in [1.29, 1.82) is 0 Å². The van der Waals surface area contributed by atoms with Crippen LogP contribution in [-0.4, -0.2) is 0 Å². The molecule has 2 aliphatic carbocycles. The zero-order valence-electron chi connectivity index (χ0n) is 29.0. The van der Waals surface area contributed by atoms with Gasteiger partial charge in [-0.1, -0.05) is 167 Å². The molecule has 238 valence electrons. The lowest BCUT2D eigenvalue weighted by atomic mass is 9.80. The Morgan fingerprint density at radius 1 is 0.280 bits per heavy atom. The zero-order valence-corrected chi connectivity index (χ0v) is 29.0. The molecule has 0 heterocycles. The number of benzene rings is 8. The largest absolute Gasteiger partial charge is 0.0622 e. The van der Waals surface area contributed by atoms with E-state index in [1.54, 1.807) is 0 Å². The van der Waals surface area contributed by atoms with Gasteiger partial charge < -0.3 is 0 Å². The first kappa shape index (κ1) is 29.2. The van der Waals surface area contributed by atoms with E-state index in [1.807, 2.05) is 0 Å². The molecule has 2 aliphatic rings. The highest BCUT2D eigenvalue weighted by atomic mass is 14.4. The molecule has 0 unspecified atom stereocenters. The van der Waals surface area contributed by atoms with Crippen LogP contribution in [0.1, 0.15) is 49.9 Å². The van der Waals surface area contributed by atoms with E-state index >= 15 is 0 Å². The van der Waals surface area contributed by atoms with Crippen LogP contribution in [0.5, 0.6) is 0 Å². The van der Waals surface area contributed by atoms with Crippen LogP contribution in [0.15, 0.2) is 158 Å². The summed E-state index contributed by atoms with van der Waals surface area (Å²) in [4.78, 5) is 0. The lowest BCUT2D eigenvalue weighted by Crippen LogP contribution is -2.14. The molecule has 10 rings (SSSR count).